The number of hydrogen-bond acceptors (Lipinski definition) is 3. The summed E-state index contributed by atoms with van der Waals surface area (Å²) in [6.45, 7) is 3.96. The molecule has 5 heteroatoms. The van der Waals surface area contributed by atoms with Gasteiger partial charge in [-0.15, -0.1) is 0 Å². The van der Waals surface area contributed by atoms with E-state index in [2.05, 4.69) is 49.7 Å². The van der Waals surface area contributed by atoms with Gasteiger partial charge in [-0.2, -0.15) is 0 Å². The number of amides is 1. The molecule has 3 rings (SSSR count). The first-order valence-corrected chi connectivity index (χ1v) is 9.00. The minimum atomic E-state index is 0.195. The van der Waals surface area contributed by atoms with Crippen LogP contribution in [0.4, 0.5) is 5.69 Å². The molecule has 0 saturated carbocycles. The van der Waals surface area contributed by atoms with Gasteiger partial charge < -0.3 is 15.5 Å². The zero-order valence-electron chi connectivity index (χ0n) is 12.9. The van der Waals surface area contributed by atoms with Crippen molar-refractivity contribution >= 4 is 27.5 Å². The van der Waals surface area contributed by atoms with Gasteiger partial charge >= 0.3 is 0 Å². The Kier molecular flexibility index (Phi) is 5.37. The van der Waals surface area contributed by atoms with E-state index in [0.29, 0.717) is 18.4 Å². The molecule has 120 valence electrons. The van der Waals surface area contributed by atoms with Crippen LogP contribution in [0.1, 0.15) is 25.7 Å². The van der Waals surface area contributed by atoms with E-state index in [-0.39, 0.29) is 5.91 Å². The monoisotopic (exact) mass is 365 g/mol. The van der Waals surface area contributed by atoms with Crippen molar-refractivity contribution in [2.24, 2.45) is 5.92 Å². The molecule has 2 unspecified atom stereocenters. The molecule has 2 fully saturated rings. The van der Waals surface area contributed by atoms with Crippen LogP contribution >= 0.6 is 15.9 Å². The molecule has 0 spiro atoms. The van der Waals surface area contributed by atoms with Crippen LogP contribution in [0.25, 0.3) is 0 Å². The lowest BCUT2D eigenvalue weighted by molar-refractivity contribution is -0.121. The summed E-state index contributed by atoms with van der Waals surface area (Å²) in [5, 5.41) is 6.50. The van der Waals surface area contributed by atoms with Gasteiger partial charge in [0.2, 0.25) is 5.91 Å². The smallest absolute Gasteiger partial charge is 0.221 e. The van der Waals surface area contributed by atoms with Gasteiger partial charge in [0.15, 0.2) is 0 Å². The number of benzene rings is 1. The Morgan fingerprint density at radius 1 is 1.41 bits per heavy atom. The highest BCUT2D eigenvalue weighted by Crippen LogP contribution is 2.25. The van der Waals surface area contributed by atoms with Gasteiger partial charge in [-0.25, -0.2) is 0 Å². The van der Waals surface area contributed by atoms with E-state index in [1.807, 2.05) is 6.07 Å². The van der Waals surface area contributed by atoms with Crippen LogP contribution in [-0.2, 0) is 4.79 Å². The third-order valence-corrected chi connectivity index (χ3v) is 5.13. The number of nitrogens with zero attached hydrogens (tertiary/aromatic N) is 1. The van der Waals surface area contributed by atoms with Crippen LogP contribution in [0.5, 0.6) is 0 Å². The average molecular weight is 366 g/mol. The maximum atomic E-state index is 12.0. The van der Waals surface area contributed by atoms with Crippen molar-refractivity contribution in [3.05, 3.63) is 28.7 Å². The van der Waals surface area contributed by atoms with Gasteiger partial charge in [-0.3, -0.25) is 4.79 Å². The Hall–Kier alpha value is -1.07. The lowest BCUT2D eigenvalue weighted by Gasteiger charge is -2.19. The number of anilines is 1. The van der Waals surface area contributed by atoms with Gasteiger partial charge in [-0.1, -0.05) is 22.0 Å². The molecule has 2 N–H and O–H groups in total. The first kappa shape index (κ1) is 15.8. The zero-order valence-corrected chi connectivity index (χ0v) is 14.4. The van der Waals surface area contributed by atoms with Gasteiger partial charge in [0.05, 0.1) is 0 Å². The predicted octanol–water partition coefficient (Wildman–Crippen LogP) is 2.53. The van der Waals surface area contributed by atoms with Crippen LogP contribution in [0.2, 0.25) is 0 Å². The summed E-state index contributed by atoms with van der Waals surface area (Å²) in [6, 6.07) is 8.82. The second kappa shape index (κ2) is 7.47. The number of rotatable bonds is 5. The van der Waals surface area contributed by atoms with E-state index in [1.165, 1.54) is 12.1 Å². The molecule has 0 radical (unpaired) electrons. The summed E-state index contributed by atoms with van der Waals surface area (Å²) in [6.07, 6.45) is 4.10. The second-order valence-electron chi connectivity index (χ2n) is 6.38. The van der Waals surface area contributed by atoms with Crippen LogP contribution in [-0.4, -0.2) is 38.1 Å². The maximum Gasteiger partial charge on any atom is 0.221 e. The standard InChI is InChI=1S/C17H24BrN3O/c18-14-3-1-5-16(9-14)21-8-6-13(12-21)11-20-17(22)10-15-4-2-7-19-15/h1,3,5,9,13,15,19H,2,4,6-8,10-12H2,(H,20,22). The summed E-state index contributed by atoms with van der Waals surface area (Å²) < 4.78 is 1.12. The van der Waals surface area contributed by atoms with E-state index in [4.69, 9.17) is 0 Å². The number of hydrogen-bond donors (Lipinski definition) is 2. The minimum absolute atomic E-state index is 0.195. The molecule has 1 amide bonds. The van der Waals surface area contributed by atoms with E-state index in [9.17, 15) is 4.79 Å². The molecule has 0 bridgehead atoms. The fourth-order valence-electron chi connectivity index (χ4n) is 3.39. The Morgan fingerprint density at radius 2 is 2.32 bits per heavy atom. The molecule has 0 aliphatic carbocycles. The van der Waals surface area contributed by atoms with Crippen LogP contribution in [0.3, 0.4) is 0 Å². The Morgan fingerprint density at radius 3 is 3.09 bits per heavy atom. The molecule has 1 aromatic rings. The van der Waals surface area contributed by atoms with E-state index in [1.54, 1.807) is 0 Å². The van der Waals surface area contributed by atoms with Crippen LogP contribution in [0.15, 0.2) is 28.7 Å². The second-order valence-corrected chi connectivity index (χ2v) is 7.30. The molecule has 0 aromatic heterocycles. The zero-order chi connectivity index (χ0) is 15.4. The summed E-state index contributed by atoms with van der Waals surface area (Å²) in [4.78, 5) is 14.4. The van der Waals surface area contributed by atoms with Crippen LogP contribution in [0, 0.1) is 5.92 Å². The molecule has 1 aromatic carbocycles. The summed E-state index contributed by atoms with van der Waals surface area (Å²) in [5.41, 5.74) is 1.26. The Labute approximate surface area is 140 Å². The molecule has 2 atom stereocenters. The van der Waals surface area contributed by atoms with Crippen molar-refractivity contribution < 1.29 is 4.79 Å². The van der Waals surface area contributed by atoms with Crippen molar-refractivity contribution in [3.63, 3.8) is 0 Å². The molecule has 4 nitrogen and oxygen atoms in total. The van der Waals surface area contributed by atoms with E-state index in [0.717, 1.165) is 43.5 Å². The largest absolute Gasteiger partial charge is 0.371 e. The first-order chi connectivity index (χ1) is 10.7. The van der Waals surface area contributed by atoms with Crippen molar-refractivity contribution in [2.45, 2.75) is 31.7 Å². The van der Waals surface area contributed by atoms with Gasteiger partial charge in [0.1, 0.15) is 0 Å². The van der Waals surface area contributed by atoms with Gasteiger partial charge in [0.25, 0.3) is 0 Å². The normalized spacial score (nSPS) is 24.7. The SMILES string of the molecule is O=C(CC1CCCN1)NCC1CCN(c2cccc(Br)c2)C1. The third-order valence-electron chi connectivity index (χ3n) is 4.64. The molecule has 2 heterocycles. The van der Waals surface area contributed by atoms with E-state index < -0.39 is 0 Å². The van der Waals surface area contributed by atoms with Crippen LogP contribution < -0.4 is 15.5 Å². The number of carbonyl (C=O) groups is 1. The lowest BCUT2D eigenvalue weighted by Crippen LogP contribution is -2.35. The highest BCUT2D eigenvalue weighted by molar-refractivity contribution is 9.10. The molecule has 2 aliphatic heterocycles. The molecule has 2 saturated heterocycles. The van der Waals surface area contributed by atoms with Crippen molar-refractivity contribution in [3.8, 4) is 0 Å². The maximum absolute atomic E-state index is 12.0. The molecule has 22 heavy (non-hydrogen) atoms. The number of carbonyl (C=O) groups excluding carboxylic acids is 1. The number of halogens is 1. The Bertz CT molecular complexity index is 516. The van der Waals surface area contributed by atoms with Gasteiger partial charge in [0, 0.05) is 42.3 Å². The minimum Gasteiger partial charge on any atom is -0.371 e. The van der Waals surface area contributed by atoms with Crippen molar-refractivity contribution in [2.75, 3.05) is 31.1 Å². The summed E-state index contributed by atoms with van der Waals surface area (Å²) in [7, 11) is 0. The first-order valence-electron chi connectivity index (χ1n) is 8.21. The summed E-state index contributed by atoms with van der Waals surface area (Å²) in [5.74, 6) is 0.750. The van der Waals surface area contributed by atoms with Crippen molar-refractivity contribution in [1.29, 1.82) is 0 Å². The highest BCUT2D eigenvalue weighted by atomic mass is 79.9. The predicted molar refractivity (Wildman–Crippen MR) is 93.1 cm³/mol. The van der Waals surface area contributed by atoms with Gasteiger partial charge in [-0.05, 0) is 49.9 Å². The molecular weight excluding hydrogens is 342 g/mol. The molecule has 2 aliphatic rings. The third kappa shape index (κ3) is 4.23. The number of nitrogens with one attached hydrogen (secondary N) is 2. The molecular formula is C17H24BrN3O. The topological polar surface area (TPSA) is 44.4 Å². The summed E-state index contributed by atoms with van der Waals surface area (Å²) >= 11 is 3.53. The van der Waals surface area contributed by atoms with E-state index >= 15 is 0 Å². The fraction of sp³-hybridized carbons (Fsp3) is 0.588. The Balaban J connectivity index is 1.42. The quantitative estimate of drug-likeness (QED) is 0.842. The fourth-order valence-corrected chi connectivity index (χ4v) is 3.78. The highest BCUT2D eigenvalue weighted by Gasteiger charge is 2.24. The average Bonchev–Trinajstić information content (AvgIpc) is 3.16. The van der Waals surface area contributed by atoms with Crippen molar-refractivity contribution in [1.82, 2.24) is 10.6 Å². The lowest BCUT2D eigenvalue weighted by atomic mass is 10.1.